The van der Waals surface area contributed by atoms with Crippen molar-refractivity contribution in [2.45, 2.75) is 19.4 Å². The second kappa shape index (κ2) is 6.22. The second-order valence-electron chi connectivity index (χ2n) is 3.76. The van der Waals surface area contributed by atoms with Crippen molar-refractivity contribution in [3.8, 4) is 0 Å². The van der Waals surface area contributed by atoms with E-state index < -0.39 is 19.5 Å². The number of halogens is 3. The number of hydrogen-bond acceptors (Lipinski definition) is 2. The Hall–Kier alpha value is 1.41. The molecule has 2 atom stereocenters. The monoisotopic (exact) mass is 235 g/mol. The van der Waals surface area contributed by atoms with E-state index in [1.165, 1.54) is 4.90 Å². The van der Waals surface area contributed by atoms with Crippen molar-refractivity contribution in [2.24, 2.45) is 5.92 Å². The number of nitrogens with zero attached hydrogens (tertiary/aromatic N) is 1. The first-order valence-corrected chi connectivity index (χ1v) is 4.50. The van der Waals surface area contributed by atoms with Gasteiger partial charge in [0, 0.05) is 6.54 Å². The van der Waals surface area contributed by atoms with E-state index in [1.54, 1.807) is 6.92 Å². The van der Waals surface area contributed by atoms with Gasteiger partial charge in [-0.3, -0.25) is 0 Å². The van der Waals surface area contributed by atoms with Crippen LogP contribution in [0.2, 0.25) is 0 Å². The molecule has 1 heterocycles. The van der Waals surface area contributed by atoms with Crippen molar-refractivity contribution in [3.05, 3.63) is 0 Å². The van der Waals surface area contributed by atoms with Crippen LogP contribution in [-0.2, 0) is 0 Å². The predicted octanol–water partition coefficient (Wildman–Crippen LogP) is -1.92. The summed E-state index contributed by atoms with van der Waals surface area (Å²) in [5.74, 6) is 0.0122. The fourth-order valence-electron chi connectivity index (χ4n) is 1.71. The standard InChI is InChI=1S/C7H14BF3NO.K/c1-6(13)7-2-3-12(4-7)5-8(9,10)11;/h6-7,13H,2-5H2,1H3;/q-1;+1. The van der Waals surface area contributed by atoms with Crippen molar-refractivity contribution in [2.75, 3.05) is 19.5 Å². The molecule has 1 fully saturated rings. The van der Waals surface area contributed by atoms with Gasteiger partial charge in [-0.15, -0.1) is 0 Å². The smallest absolute Gasteiger partial charge is 0.448 e. The van der Waals surface area contributed by atoms with Gasteiger partial charge in [0.15, 0.2) is 0 Å². The molecule has 0 spiro atoms. The Morgan fingerprint density at radius 3 is 2.43 bits per heavy atom. The van der Waals surface area contributed by atoms with Crippen molar-refractivity contribution in [1.29, 1.82) is 0 Å². The van der Waals surface area contributed by atoms with Gasteiger partial charge in [-0.2, -0.15) is 0 Å². The summed E-state index contributed by atoms with van der Waals surface area (Å²) in [6, 6.07) is 0. The molecule has 0 amide bonds. The molecule has 0 aromatic rings. The molecule has 1 rings (SSSR count). The van der Waals surface area contributed by atoms with Crippen molar-refractivity contribution in [1.82, 2.24) is 4.90 Å². The van der Waals surface area contributed by atoms with Gasteiger partial charge in [0.05, 0.1) is 6.10 Å². The summed E-state index contributed by atoms with van der Waals surface area (Å²) in [6.07, 6.45) is -0.613. The van der Waals surface area contributed by atoms with Gasteiger partial charge in [0.1, 0.15) is 0 Å². The van der Waals surface area contributed by atoms with E-state index in [0.717, 1.165) is 0 Å². The minimum Gasteiger partial charge on any atom is -0.448 e. The van der Waals surface area contributed by atoms with Gasteiger partial charge in [0.2, 0.25) is 0 Å². The maximum atomic E-state index is 12.0. The largest absolute Gasteiger partial charge is 1.00 e. The maximum absolute atomic E-state index is 12.0. The van der Waals surface area contributed by atoms with Crippen LogP contribution in [0.15, 0.2) is 0 Å². The average molecular weight is 235 g/mol. The number of likely N-dealkylation sites (tertiary alicyclic amines) is 1. The summed E-state index contributed by atoms with van der Waals surface area (Å²) in [4.78, 5) is 1.37. The minimum atomic E-state index is -4.71. The van der Waals surface area contributed by atoms with Crippen LogP contribution in [-0.4, -0.2) is 42.6 Å². The first-order chi connectivity index (χ1) is 5.88. The third kappa shape index (κ3) is 5.48. The number of hydrogen-bond donors (Lipinski definition) is 1. The summed E-state index contributed by atoms with van der Waals surface area (Å²) >= 11 is 0. The zero-order valence-electron chi connectivity index (χ0n) is 8.59. The quantitative estimate of drug-likeness (QED) is 0.576. The summed E-state index contributed by atoms with van der Waals surface area (Å²) in [5.41, 5.74) is 0. The molecule has 0 aromatic heterocycles. The molecule has 7 heteroatoms. The minimum absolute atomic E-state index is 0. The molecular formula is C7H14BF3KNO. The van der Waals surface area contributed by atoms with E-state index in [9.17, 15) is 12.9 Å². The zero-order valence-corrected chi connectivity index (χ0v) is 11.7. The predicted molar refractivity (Wildman–Crippen MR) is 45.3 cm³/mol. The SMILES string of the molecule is CC(O)C1CCN(C[B-](F)(F)F)C1.[K+]. The van der Waals surface area contributed by atoms with Crippen LogP contribution in [0, 0.1) is 5.92 Å². The Kier molecular flexibility index (Phi) is 6.85. The van der Waals surface area contributed by atoms with Crippen molar-refractivity contribution >= 4 is 6.98 Å². The Balaban J connectivity index is 0.00000169. The molecule has 1 saturated heterocycles. The normalized spacial score (nSPS) is 25.9. The van der Waals surface area contributed by atoms with Gasteiger partial charge >= 0.3 is 58.4 Å². The number of aliphatic hydroxyl groups excluding tert-OH is 1. The van der Waals surface area contributed by atoms with E-state index in [4.69, 9.17) is 5.11 Å². The molecule has 2 nitrogen and oxygen atoms in total. The molecule has 14 heavy (non-hydrogen) atoms. The van der Waals surface area contributed by atoms with Crippen molar-refractivity contribution < 1.29 is 69.4 Å². The second-order valence-corrected chi connectivity index (χ2v) is 3.76. The van der Waals surface area contributed by atoms with Crippen LogP contribution in [0.3, 0.4) is 0 Å². The zero-order chi connectivity index (χ0) is 10.1. The van der Waals surface area contributed by atoms with E-state index in [-0.39, 0.29) is 57.3 Å². The number of aliphatic hydroxyl groups is 1. The fraction of sp³-hybridized carbons (Fsp3) is 1.00. The maximum Gasteiger partial charge on any atom is 1.00 e. The third-order valence-corrected chi connectivity index (χ3v) is 2.46. The van der Waals surface area contributed by atoms with E-state index in [2.05, 4.69) is 0 Å². The average Bonchev–Trinajstić information content (AvgIpc) is 2.31. The number of rotatable bonds is 3. The van der Waals surface area contributed by atoms with Gasteiger partial charge in [-0.1, -0.05) is 0 Å². The molecule has 0 bridgehead atoms. The Morgan fingerprint density at radius 1 is 1.50 bits per heavy atom. The van der Waals surface area contributed by atoms with E-state index >= 15 is 0 Å². The van der Waals surface area contributed by atoms with E-state index in [1.807, 2.05) is 0 Å². The molecule has 1 aliphatic rings. The molecule has 0 aromatic carbocycles. The summed E-state index contributed by atoms with van der Waals surface area (Å²) in [5, 5.41) is 9.17. The molecular weight excluding hydrogens is 221 g/mol. The summed E-state index contributed by atoms with van der Waals surface area (Å²) < 4.78 is 36.0. The molecule has 78 valence electrons. The topological polar surface area (TPSA) is 23.5 Å². The van der Waals surface area contributed by atoms with Crippen LogP contribution >= 0.6 is 0 Å². The summed E-state index contributed by atoms with van der Waals surface area (Å²) in [6.45, 7) is -2.25. The molecule has 0 aliphatic carbocycles. The van der Waals surface area contributed by atoms with Crippen molar-refractivity contribution in [3.63, 3.8) is 0 Å². The van der Waals surface area contributed by atoms with Gasteiger partial charge in [0.25, 0.3) is 0 Å². The van der Waals surface area contributed by atoms with Crippen LogP contribution in [0.4, 0.5) is 12.9 Å². The first-order valence-electron chi connectivity index (χ1n) is 4.50. The molecule has 1 N–H and O–H groups in total. The first kappa shape index (κ1) is 15.4. The van der Waals surface area contributed by atoms with Crippen LogP contribution in [0.5, 0.6) is 0 Å². The fourth-order valence-corrected chi connectivity index (χ4v) is 1.71. The Labute approximate surface area is 125 Å². The molecule has 2 unspecified atom stereocenters. The van der Waals surface area contributed by atoms with Gasteiger partial charge in [-0.25, -0.2) is 0 Å². The van der Waals surface area contributed by atoms with Crippen LogP contribution < -0.4 is 51.4 Å². The van der Waals surface area contributed by atoms with E-state index in [0.29, 0.717) is 19.5 Å². The third-order valence-electron chi connectivity index (χ3n) is 2.46. The Morgan fingerprint density at radius 2 is 2.07 bits per heavy atom. The van der Waals surface area contributed by atoms with Gasteiger partial charge < -0.3 is 23.0 Å². The molecule has 1 aliphatic heterocycles. The Bertz CT molecular complexity index is 179. The van der Waals surface area contributed by atoms with Crippen LogP contribution in [0.25, 0.3) is 0 Å². The molecule has 0 saturated carbocycles. The van der Waals surface area contributed by atoms with Gasteiger partial charge in [-0.05, 0) is 32.3 Å². The molecule has 0 radical (unpaired) electrons. The summed E-state index contributed by atoms with van der Waals surface area (Å²) in [7, 11) is 0. The van der Waals surface area contributed by atoms with Crippen LogP contribution in [0.1, 0.15) is 13.3 Å².